The van der Waals surface area contributed by atoms with E-state index in [1.165, 1.54) is 6.07 Å². The zero-order chi connectivity index (χ0) is 15.1. The molecule has 4 nitrogen and oxygen atoms in total. The fraction of sp³-hybridized carbons (Fsp3) is 0.167. The Morgan fingerprint density at radius 1 is 1.40 bits per heavy atom. The molecule has 106 valence electrons. The van der Waals surface area contributed by atoms with Crippen molar-refractivity contribution in [1.82, 2.24) is 0 Å². The maximum Gasteiger partial charge on any atom is 0.430 e. The largest absolute Gasteiger partial charge is 0.478 e. The van der Waals surface area contributed by atoms with Crippen LogP contribution in [0.2, 0.25) is 5.02 Å². The molecule has 1 atom stereocenters. The van der Waals surface area contributed by atoms with Crippen LogP contribution in [0, 0.1) is 0 Å². The lowest BCUT2D eigenvalue weighted by Gasteiger charge is -2.27. The zero-order valence-electron chi connectivity index (χ0n) is 9.57. The molecule has 1 aliphatic heterocycles. The lowest BCUT2D eigenvalue weighted by atomic mass is 9.99. The summed E-state index contributed by atoms with van der Waals surface area (Å²) in [5.41, 5.74) is -1.14. The van der Waals surface area contributed by atoms with Gasteiger partial charge in [0.05, 0.1) is 11.1 Å². The molecule has 1 unspecified atom stereocenters. The van der Waals surface area contributed by atoms with Crippen LogP contribution in [-0.2, 0) is 4.79 Å². The van der Waals surface area contributed by atoms with Crippen molar-refractivity contribution < 1.29 is 32.6 Å². The van der Waals surface area contributed by atoms with E-state index in [4.69, 9.17) is 16.7 Å². The highest BCUT2D eigenvalue weighted by atomic mass is 35.5. The number of fused-ring (bicyclic) bond motifs is 1. The van der Waals surface area contributed by atoms with Gasteiger partial charge in [0.1, 0.15) is 5.75 Å². The first-order valence-electron chi connectivity index (χ1n) is 5.21. The minimum Gasteiger partial charge on any atom is -0.478 e. The summed E-state index contributed by atoms with van der Waals surface area (Å²) in [6.45, 7) is 0. The first-order valence-corrected chi connectivity index (χ1v) is 5.59. The number of carbonyl (C=O) groups excluding carboxylic acids is 1. The molecular formula is C12H6ClF3O4. The van der Waals surface area contributed by atoms with E-state index in [0.717, 1.165) is 12.1 Å². The van der Waals surface area contributed by atoms with Crippen LogP contribution in [0.1, 0.15) is 15.9 Å². The number of halogens is 4. The Hall–Kier alpha value is -2.02. The third-order valence-corrected chi connectivity index (χ3v) is 2.83. The molecule has 0 bridgehead atoms. The molecule has 0 saturated carbocycles. The number of carboxylic acid groups (broad SMARTS) is 1. The van der Waals surface area contributed by atoms with E-state index in [-0.39, 0.29) is 28.2 Å². The van der Waals surface area contributed by atoms with Crippen LogP contribution >= 0.6 is 11.6 Å². The van der Waals surface area contributed by atoms with Crippen LogP contribution in [-0.4, -0.2) is 29.6 Å². The van der Waals surface area contributed by atoms with Crippen molar-refractivity contribution in [3.05, 3.63) is 33.9 Å². The highest BCUT2D eigenvalue weighted by Gasteiger charge is 2.48. The summed E-state index contributed by atoms with van der Waals surface area (Å²) in [6.07, 6.45) is -6.45. The summed E-state index contributed by atoms with van der Waals surface area (Å²) in [5, 5.41) is 8.93. The lowest BCUT2D eigenvalue weighted by Crippen LogP contribution is -2.40. The van der Waals surface area contributed by atoms with Gasteiger partial charge in [-0.15, -0.1) is 0 Å². The van der Waals surface area contributed by atoms with Crippen molar-refractivity contribution >= 4 is 29.9 Å². The maximum atomic E-state index is 12.8. The molecule has 1 aromatic rings. The molecular weight excluding hydrogens is 301 g/mol. The second-order valence-electron chi connectivity index (χ2n) is 3.98. The lowest BCUT2D eigenvalue weighted by molar-refractivity contribution is -0.187. The van der Waals surface area contributed by atoms with Gasteiger partial charge in [-0.25, -0.2) is 4.79 Å². The number of hydrogen-bond acceptors (Lipinski definition) is 3. The fourth-order valence-electron chi connectivity index (χ4n) is 1.81. The highest BCUT2D eigenvalue weighted by Crippen LogP contribution is 2.39. The van der Waals surface area contributed by atoms with E-state index in [0.29, 0.717) is 0 Å². The number of hydrogen-bond donors (Lipinski definition) is 1. The van der Waals surface area contributed by atoms with Crippen LogP contribution in [0.15, 0.2) is 17.7 Å². The molecule has 1 aliphatic rings. The molecule has 1 heterocycles. The van der Waals surface area contributed by atoms with Crippen molar-refractivity contribution in [3.63, 3.8) is 0 Å². The smallest absolute Gasteiger partial charge is 0.430 e. The summed E-state index contributed by atoms with van der Waals surface area (Å²) in [4.78, 5) is 21.8. The molecule has 0 aromatic heterocycles. The van der Waals surface area contributed by atoms with Gasteiger partial charge < -0.3 is 9.84 Å². The van der Waals surface area contributed by atoms with Crippen LogP contribution in [0.3, 0.4) is 0 Å². The molecule has 8 heteroatoms. The average molecular weight is 307 g/mol. The SMILES string of the molecule is O=Cc1cc(Cl)cc2c1OC(C(F)(F)F)C(C(=O)O)=C2. The summed E-state index contributed by atoms with van der Waals surface area (Å²) in [5.74, 6) is -2.10. The summed E-state index contributed by atoms with van der Waals surface area (Å²) >= 11 is 5.70. The molecule has 0 saturated heterocycles. The van der Waals surface area contributed by atoms with Crippen molar-refractivity contribution in [2.45, 2.75) is 12.3 Å². The first kappa shape index (κ1) is 14.4. The minimum atomic E-state index is -4.91. The summed E-state index contributed by atoms with van der Waals surface area (Å²) in [6, 6.07) is 2.36. The molecule has 20 heavy (non-hydrogen) atoms. The van der Waals surface area contributed by atoms with Crippen molar-refractivity contribution in [2.24, 2.45) is 0 Å². The monoisotopic (exact) mass is 306 g/mol. The van der Waals surface area contributed by atoms with Gasteiger partial charge >= 0.3 is 12.1 Å². The predicted molar refractivity (Wildman–Crippen MR) is 62.9 cm³/mol. The Morgan fingerprint density at radius 3 is 2.55 bits per heavy atom. The van der Waals surface area contributed by atoms with Gasteiger partial charge in [0.15, 0.2) is 6.29 Å². The number of aliphatic carboxylic acids is 1. The van der Waals surface area contributed by atoms with E-state index in [9.17, 15) is 22.8 Å². The van der Waals surface area contributed by atoms with Gasteiger partial charge in [-0.1, -0.05) is 11.6 Å². The van der Waals surface area contributed by atoms with E-state index in [1.807, 2.05) is 0 Å². The van der Waals surface area contributed by atoms with Gasteiger partial charge in [-0.2, -0.15) is 13.2 Å². The Labute approximate surface area is 115 Å². The van der Waals surface area contributed by atoms with Crippen molar-refractivity contribution in [1.29, 1.82) is 0 Å². The molecule has 1 N–H and O–H groups in total. The minimum absolute atomic E-state index is 0.0116. The van der Waals surface area contributed by atoms with Gasteiger partial charge in [-0.05, 0) is 18.2 Å². The Bertz CT molecular complexity index is 622. The molecule has 2 rings (SSSR count). The third-order valence-electron chi connectivity index (χ3n) is 2.61. The molecule has 0 aliphatic carbocycles. The number of carbonyl (C=O) groups is 2. The van der Waals surface area contributed by atoms with Gasteiger partial charge in [-0.3, -0.25) is 4.79 Å². The number of aldehydes is 1. The molecule has 0 amide bonds. The summed E-state index contributed by atoms with van der Waals surface area (Å²) in [7, 11) is 0. The number of alkyl halides is 3. The van der Waals surface area contributed by atoms with Crippen LogP contribution in [0.4, 0.5) is 13.2 Å². The van der Waals surface area contributed by atoms with Gasteiger partial charge in [0.25, 0.3) is 0 Å². The maximum absolute atomic E-state index is 12.8. The van der Waals surface area contributed by atoms with Crippen LogP contribution in [0.5, 0.6) is 5.75 Å². The van der Waals surface area contributed by atoms with E-state index < -0.39 is 23.8 Å². The van der Waals surface area contributed by atoms with Crippen molar-refractivity contribution in [2.75, 3.05) is 0 Å². The van der Waals surface area contributed by atoms with Crippen LogP contribution in [0.25, 0.3) is 6.08 Å². The van der Waals surface area contributed by atoms with Crippen LogP contribution < -0.4 is 4.74 Å². The number of carboxylic acids is 1. The first-order chi connectivity index (χ1) is 9.24. The second-order valence-corrected chi connectivity index (χ2v) is 4.41. The zero-order valence-corrected chi connectivity index (χ0v) is 10.3. The quantitative estimate of drug-likeness (QED) is 0.853. The molecule has 0 fully saturated rings. The Morgan fingerprint density at radius 2 is 2.05 bits per heavy atom. The molecule has 0 radical (unpaired) electrons. The second kappa shape index (κ2) is 4.82. The van der Waals surface area contributed by atoms with Crippen molar-refractivity contribution in [3.8, 4) is 5.75 Å². The number of rotatable bonds is 2. The van der Waals surface area contributed by atoms with E-state index in [2.05, 4.69) is 4.74 Å². The normalized spacial score (nSPS) is 17.8. The van der Waals surface area contributed by atoms with E-state index >= 15 is 0 Å². The number of benzene rings is 1. The molecule has 1 aromatic carbocycles. The molecule has 0 spiro atoms. The highest BCUT2D eigenvalue weighted by molar-refractivity contribution is 6.31. The summed E-state index contributed by atoms with van der Waals surface area (Å²) < 4.78 is 43.1. The van der Waals surface area contributed by atoms with Gasteiger partial charge in [0, 0.05) is 10.6 Å². The number of ether oxygens (including phenoxy) is 1. The third kappa shape index (κ3) is 2.49. The van der Waals surface area contributed by atoms with Gasteiger partial charge in [0.2, 0.25) is 6.10 Å². The Kier molecular flexibility index (Phi) is 3.47. The topological polar surface area (TPSA) is 63.6 Å². The predicted octanol–water partition coefficient (Wildman–Crippen LogP) is 2.94. The average Bonchev–Trinajstić information content (AvgIpc) is 2.34. The van der Waals surface area contributed by atoms with E-state index in [1.54, 1.807) is 0 Å². The Balaban J connectivity index is 2.65. The fourth-order valence-corrected chi connectivity index (χ4v) is 2.04. The standard InChI is InChI=1S/C12H6ClF3O4/c13-7-1-5-3-8(11(18)19)10(12(14,15)16)20-9(5)6(2-7)4-17/h1-4,10H,(H,18,19).